The van der Waals surface area contributed by atoms with E-state index in [0.717, 1.165) is 30.6 Å². The van der Waals surface area contributed by atoms with Crippen molar-refractivity contribution >= 4 is 41.0 Å². The van der Waals surface area contributed by atoms with E-state index in [2.05, 4.69) is 0 Å². The molecule has 1 saturated carbocycles. The third-order valence-electron chi connectivity index (χ3n) is 4.97. The molecule has 0 unspecified atom stereocenters. The molecule has 0 radical (unpaired) electrons. The maximum Gasteiger partial charge on any atom is 0.329 e. The number of amides is 2. The number of rotatable bonds is 4. The molecule has 1 saturated heterocycles. The molecule has 3 atom stereocenters. The number of carbonyl (C=O) groups excluding carboxylic acids is 3. The molecule has 1 aliphatic carbocycles. The van der Waals surface area contributed by atoms with Gasteiger partial charge >= 0.3 is 5.97 Å². The van der Waals surface area contributed by atoms with E-state index >= 15 is 0 Å². The maximum atomic E-state index is 12.5. The van der Waals surface area contributed by atoms with Gasteiger partial charge in [-0.15, -0.1) is 0 Å². The van der Waals surface area contributed by atoms with E-state index in [-0.39, 0.29) is 30.3 Å². The van der Waals surface area contributed by atoms with Gasteiger partial charge in [-0.3, -0.25) is 14.5 Å². The Labute approximate surface area is 156 Å². The molecule has 2 amide bonds. The number of esters is 1. The molecule has 2 aliphatic rings. The Morgan fingerprint density at radius 3 is 2.32 bits per heavy atom. The topological polar surface area (TPSA) is 63.7 Å². The molecule has 25 heavy (non-hydrogen) atoms. The van der Waals surface area contributed by atoms with E-state index in [1.807, 2.05) is 0 Å². The van der Waals surface area contributed by atoms with Crippen molar-refractivity contribution in [3.05, 3.63) is 33.8 Å². The number of halogens is 2. The highest BCUT2D eigenvalue weighted by atomic mass is 35.5. The molecule has 1 heterocycles. The number of nitrogens with zero attached hydrogens (tertiary/aromatic N) is 1. The van der Waals surface area contributed by atoms with Crippen molar-refractivity contribution in [2.24, 2.45) is 11.8 Å². The lowest BCUT2D eigenvalue weighted by Gasteiger charge is -2.21. The van der Waals surface area contributed by atoms with Gasteiger partial charge in [-0.05, 0) is 37.5 Å². The Balaban J connectivity index is 1.64. The third kappa shape index (κ3) is 3.53. The van der Waals surface area contributed by atoms with Crippen LogP contribution >= 0.6 is 23.2 Å². The molecular weight excluding hydrogens is 365 g/mol. The summed E-state index contributed by atoms with van der Waals surface area (Å²) >= 11 is 11.8. The number of benzene rings is 1. The van der Waals surface area contributed by atoms with Gasteiger partial charge in [-0.2, -0.15) is 0 Å². The highest BCUT2D eigenvalue weighted by Crippen LogP contribution is 2.39. The van der Waals surface area contributed by atoms with E-state index in [9.17, 15) is 14.4 Å². The van der Waals surface area contributed by atoms with Gasteiger partial charge in [0.1, 0.15) is 12.6 Å². The van der Waals surface area contributed by atoms with Gasteiger partial charge < -0.3 is 4.74 Å². The van der Waals surface area contributed by atoms with Gasteiger partial charge in [0.05, 0.1) is 21.9 Å². The van der Waals surface area contributed by atoms with E-state index < -0.39 is 12.0 Å². The molecule has 7 heteroatoms. The normalized spacial score (nSPS) is 24.2. The zero-order valence-corrected chi connectivity index (χ0v) is 15.3. The largest absolute Gasteiger partial charge is 0.459 e. The smallest absolute Gasteiger partial charge is 0.329 e. The van der Waals surface area contributed by atoms with Crippen LogP contribution in [0.25, 0.3) is 0 Å². The Kier molecular flexibility index (Phi) is 5.35. The zero-order chi connectivity index (χ0) is 18.1. The first-order chi connectivity index (χ1) is 11.9. The highest BCUT2D eigenvalue weighted by molar-refractivity contribution is 6.42. The lowest BCUT2D eigenvalue weighted by molar-refractivity contribution is -0.159. The van der Waals surface area contributed by atoms with Crippen LogP contribution in [0.3, 0.4) is 0 Å². The summed E-state index contributed by atoms with van der Waals surface area (Å²) in [5.41, 5.74) is 0.683. The lowest BCUT2D eigenvalue weighted by Crippen LogP contribution is -2.44. The SMILES string of the molecule is C[C@@H](C(=O)OCc1ccc(Cl)c(Cl)c1)N1C(=O)[C@H]2CCCC[C@H]2C1=O. The van der Waals surface area contributed by atoms with Crippen molar-refractivity contribution in [3.63, 3.8) is 0 Å². The van der Waals surface area contributed by atoms with Crippen LogP contribution in [0.15, 0.2) is 18.2 Å². The molecule has 0 spiro atoms. The second-order valence-electron chi connectivity index (χ2n) is 6.58. The van der Waals surface area contributed by atoms with Crippen molar-refractivity contribution in [2.75, 3.05) is 0 Å². The van der Waals surface area contributed by atoms with Crippen LogP contribution in [0.4, 0.5) is 0 Å². The molecule has 2 fully saturated rings. The molecule has 1 aliphatic heterocycles. The van der Waals surface area contributed by atoms with E-state index in [0.29, 0.717) is 15.6 Å². The summed E-state index contributed by atoms with van der Waals surface area (Å²) in [6.45, 7) is 1.54. The van der Waals surface area contributed by atoms with Crippen molar-refractivity contribution in [2.45, 2.75) is 45.3 Å². The summed E-state index contributed by atoms with van der Waals surface area (Å²) < 4.78 is 5.26. The van der Waals surface area contributed by atoms with Crippen LogP contribution in [0.1, 0.15) is 38.2 Å². The van der Waals surface area contributed by atoms with Crippen LogP contribution in [-0.4, -0.2) is 28.7 Å². The second kappa shape index (κ2) is 7.34. The van der Waals surface area contributed by atoms with Gasteiger partial charge in [0, 0.05) is 0 Å². The standard InChI is InChI=1S/C18H19Cl2NO4/c1-10(18(24)25-9-11-6-7-14(19)15(20)8-11)21-16(22)12-4-2-3-5-13(12)17(21)23/h6-8,10,12-13H,2-5,9H2,1H3/t10-,12-,13+/m0/s1. The van der Waals surface area contributed by atoms with Crippen molar-refractivity contribution < 1.29 is 19.1 Å². The number of hydrogen-bond acceptors (Lipinski definition) is 4. The summed E-state index contributed by atoms with van der Waals surface area (Å²) in [7, 11) is 0. The minimum Gasteiger partial charge on any atom is -0.459 e. The van der Waals surface area contributed by atoms with Crippen LogP contribution in [-0.2, 0) is 25.7 Å². The van der Waals surface area contributed by atoms with Crippen molar-refractivity contribution in [1.82, 2.24) is 4.90 Å². The Morgan fingerprint density at radius 2 is 1.76 bits per heavy atom. The number of hydrogen-bond donors (Lipinski definition) is 0. The van der Waals surface area contributed by atoms with Crippen LogP contribution in [0.5, 0.6) is 0 Å². The Bertz CT molecular complexity index is 697. The summed E-state index contributed by atoms with van der Waals surface area (Å²) in [6.07, 6.45) is 3.34. The van der Waals surface area contributed by atoms with Gasteiger partial charge in [0.15, 0.2) is 0 Å². The first kappa shape index (κ1) is 18.2. The Morgan fingerprint density at radius 1 is 1.16 bits per heavy atom. The lowest BCUT2D eigenvalue weighted by atomic mass is 9.81. The molecule has 1 aromatic carbocycles. The van der Waals surface area contributed by atoms with Crippen LogP contribution in [0.2, 0.25) is 10.0 Å². The maximum absolute atomic E-state index is 12.5. The van der Waals surface area contributed by atoms with Gasteiger partial charge in [0.25, 0.3) is 0 Å². The van der Waals surface area contributed by atoms with Crippen LogP contribution < -0.4 is 0 Å². The number of ether oxygens (including phenoxy) is 1. The number of likely N-dealkylation sites (tertiary alicyclic amines) is 1. The highest BCUT2D eigenvalue weighted by Gasteiger charge is 2.51. The quantitative estimate of drug-likeness (QED) is 0.588. The summed E-state index contributed by atoms with van der Waals surface area (Å²) in [6, 6.07) is 4.01. The predicted molar refractivity (Wildman–Crippen MR) is 93.0 cm³/mol. The fourth-order valence-electron chi connectivity index (χ4n) is 3.58. The third-order valence-corrected chi connectivity index (χ3v) is 5.71. The predicted octanol–water partition coefficient (Wildman–Crippen LogP) is 3.60. The summed E-state index contributed by atoms with van der Waals surface area (Å²) in [5.74, 6) is -1.63. The molecule has 0 bridgehead atoms. The monoisotopic (exact) mass is 383 g/mol. The van der Waals surface area contributed by atoms with E-state index in [1.54, 1.807) is 18.2 Å². The minimum absolute atomic E-state index is 0.00312. The molecule has 3 rings (SSSR count). The zero-order valence-electron chi connectivity index (χ0n) is 13.8. The number of imide groups is 1. The first-order valence-electron chi connectivity index (χ1n) is 8.37. The molecule has 134 valence electrons. The number of carbonyl (C=O) groups is 3. The molecule has 0 N–H and O–H groups in total. The van der Waals surface area contributed by atoms with Crippen molar-refractivity contribution in [1.29, 1.82) is 0 Å². The summed E-state index contributed by atoms with van der Waals surface area (Å²) in [5, 5.41) is 0.790. The molecule has 1 aromatic rings. The summed E-state index contributed by atoms with van der Waals surface area (Å²) in [4.78, 5) is 38.5. The second-order valence-corrected chi connectivity index (χ2v) is 7.39. The van der Waals surface area contributed by atoms with E-state index in [1.165, 1.54) is 6.92 Å². The number of fused-ring (bicyclic) bond motifs is 1. The van der Waals surface area contributed by atoms with E-state index in [4.69, 9.17) is 27.9 Å². The molecule has 0 aromatic heterocycles. The minimum atomic E-state index is -0.923. The fourth-order valence-corrected chi connectivity index (χ4v) is 3.90. The average molecular weight is 384 g/mol. The molecule has 5 nitrogen and oxygen atoms in total. The Hall–Kier alpha value is -1.59. The van der Waals surface area contributed by atoms with Gasteiger partial charge in [-0.1, -0.05) is 42.1 Å². The molecular formula is C18H19Cl2NO4. The van der Waals surface area contributed by atoms with Gasteiger partial charge in [-0.25, -0.2) is 4.79 Å². The van der Waals surface area contributed by atoms with Crippen LogP contribution in [0, 0.1) is 11.8 Å². The van der Waals surface area contributed by atoms with Gasteiger partial charge in [0.2, 0.25) is 11.8 Å². The average Bonchev–Trinajstić information content (AvgIpc) is 2.86. The first-order valence-corrected chi connectivity index (χ1v) is 9.13. The van der Waals surface area contributed by atoms with Crippen molar-refractivity contribution in [3.8, 4) is 0 Å². The fraction of sp³-hybridized carbons (Fsp3) is 0.500.